The maximum absolute atomic E-state index is 12.8. The van der Waals surface area contributed by atoms with E-state index in [2.05, 4.69) is 154 Å². The quantitative estimate of drug-likeness (QED) is 0.0261. The van der Waals surface area contributed by atoms with Gasteiger partial charge in [0.1, 0.15) is 13.2 Å². The summed E-state index contributed by atoms with van der Waals surface area (Å²) >= 11 is 0. The predicted molar refractivity (Wildman–Crippen MR) is 311 cm³/mol. The highest BCUT2D eigenvalue weighted by Gasteiger charge is 2.19. The molecule has 0 heterocycles. The standard InChI is InChI=1S/C66H106O6/c1-4-7-10-13-16-18-20-22-24-26-28-30-31-32-33-34-35-37-38-40-42-44-46-48-50-53-56-59-65(68)71-62-63(61-70-64(67)58-55-52-15-12-9-6-3)72-66(69)60-57-54-51-49-47-45-43-41-39-36-29-27-25-23-21-19-17-14-11-8-5-2/h7,10,16,18,21-24,27-30,32-33,35,37,39-42,46,48,63H,4-6,8-9,11-15,17,19-20,25-26,31,34,36,38,43-45,47,49-62H2,1-3H3/b10-7-,18-16-,23-21-,24-22-,29-27-,30-28-,33-32-,37-35-,41-39-,42-40-,48-46-. The Morgan fingerprint density at radius 2 is 0.542 bits per heavy atom. The Bertz CT molecular complexity index is 1560. The lowest BCUT2D eigenvalue weighted by molar-refractivity contribution is -0.167. The van der Waals surface area contributed by atoms with E-state index in [1.807, 2.05) is 0 Å². The van der Waals surface area contributed by atoms with E-state index in [4.69, 9.17) is 14.2 Å². The van der Waals surface area contributed by atoms with Crippen molar-refractivity contribution in [2.75, 3.05) is 13.2 Å². The van der Waals surface area contributed by atoms with Gasteiger partial charge in [-0.15, -0.1) is 0 Å². The largest absolute Gasteiger partial charge is 0.462 e. The molecule has 0 amide bonds. The summed E-state index contributed by atoms with van der Waals surface area (Å²) in [6.45, 7) is 6.39. The zero-order valence-electron chi connectivity index (χ0n) is 46.4. The van der Waals surface area contributed by atoms with Gasteiger partial charge in [-0.3, -0.25) is 14.4 Å². The molecule has 0 bridgehead atoms. The first-order valence-corrected chi connectivity index (χ1v) is 29.2. The second kappa shape index (κ2) is 59.1. The first-order valence-electron chi connectivity index (χ1n) is 29.2. The first-order chi connectivity index (χ1) is 35.5. The van der Waals surface area contributed by atoms with E-state index in [0.29, 0.717) is 25.7 Å². The van der Waals surface area contributed by atoms with Gasteiger partial charge in [0.15, 0.2) is 6.10 Å². The monoisotopic (exact) mass is 995 g/mol. The van der Waals surface area contributed by atoms with Crippen LogP contribution in [0.15, 0.2) is 134 Å². The number of esters is 3. The van der Waals surface area contributed by atoms with Crippen LogP contribution in [0.25, 0.3) is 0 Å². The summed E-state index contributed by atoms with van der Waals surface area (Å²) in [6, 6.07) is 0. The molecule has 0 spiro atoms. The van der Waals surface area contributed by atoms with Gasteiger partial charge < -0.3 is 14.2 Å². The molecule has 0 saturated heterocycles. The summed E-state index contributed by atoms with van der Waals surface area (Å²) in [5, 5.41) is 0. The van der Waals surface area contributed by atoms with Gasteiger partial charge in [0.05, 0.1) is 0 Å². The Morgan fingerprint density at radius 3 is 0.875 bits per heavy atom. The van der Waals surface area contributed by atoms with Crippen molar-refractivity contribution < 1.29 is 28.6 Å². The summed E-state index contributed by atoms with van der Waals surface area (Å²) < 4.78 is 16.7. The molecule has 0 N–H and O–H groups in total. The van der Waals surface area contributed by atoms with Crippen molar-refractivity contribution in [2.24, 2.45) is 0 Å². The normalized spacial score (nSPS) is 13.1. The summed E-state index contributed by atoms with van der Waals surface area (Å²) in [7, 11) is 0. The molecule has 1 unspecified atom stereocenters. The highest BCUT2D eigenvalue weighted by Crippen LogP contribution is 2.13. The third kappa shape index (κ3) is 56.5. The molecule has 0 saturated carbocycles. The van der Waals surface area contributed by atoms with Crippen molar-refractivity contribution in [1.29, 1.82) is 0 Å². The minimum atomic E-state index is -0.805. The summed E-state index contributed by atoms with van der Waals surface area (Å²) in [5.41, 5.74) is 0. The van der Waals surface area contributed by atoms with Gasteiger partial charge in [0.2, 0.25) is 0 Å². The van der Waals surface area contributed by atoms with Gasteiger partial charge in [-0.25, -0.2) is 0 Å². The Hall–Kier alpha value is -4.45. The van der Waals surface area contributed by atoms with Crippen LogP contribution in [0, 0.1) is 0 Å². The molecule has 0 aliphatic heterocycles. The van der Waals surface area contributed by atoms with Crippen LogP contribution < -0.4 is 0 Å². The molecule has 0 aromatic rings. The molecule has 72 heavy (non-hydrogen) atoms. The van der Waals surface area contributed by atoms with E-state index < -0.39 is 6.10 Å². The first kappa shape index (κ1) is 67.5. The topological polar surface area (TPSA) is 78.9 Å². The zero-order chi connectivity index (χ0) is 52.2. The third-order valence-corrected chi connectivity index (χ3v) is 11.9. The molecule has 0 aliphatic rings. The van der Waals surface area contributed by atoms with E-state index in [9.17, 15) is 14.4 Å². The number of hydrogen-bond acceptors (Lipinski definition) is 6. The minimum absolute atomic E-state index is 0.101. The van der Waals surface area contributed by atoms with Crippen molar-refractivity contribution >= 4 is 17.9 Å². The average Bonchev–Trinajstić information content (AvgIpc) is 3.38. The lowest BCUT2D eigenvalue weighted by atomic mass is 10.1. The minimum Gasteiger partial charge on any atom is -0.462 e. The molecule has 6 nitrogen and oxygen atoms in total. The Balaban J connectivity index is 4.30. The molecular weight excluding hydrogens is 889 g/mol. The average molecular weight is 996 g/mol. The summed E-state index contributed by atoms with van der Waals surface area (Å²) in [5.74, 6) is -0.975. The van der Waals surface area contributed by atoms with Crippen LogP contribution in [-0.4, -0.2) is 37.2 Å². The van der Waals surface area contributed by atoms with Gasteiger partial charge in [0.25, 0.3) is 0 Å². The molecule has 406 valence electrons. The number of unbranched alkanes of at least 4 members (excludes halogenated alkanes) is 18. The smallest absolute Gasteiger partial charge is 0.306 e. The van der Waals surface area contributed by atoms with Crippen LogP contribution in [-0.2, 0) is 28.6 Å². The molecule has 1 atom stereocenters. The third-order valence-electron chi connectivity index (χ3n) is 11.9. The van der Waals surface area contributed by atoms with Crippen molar-refractivity contribution in [2.45, 2.75) is 252 Å². The Kier molecular flexibility index (Phi) is 55.5. The van der Waals surface area contributed by atoms with E-state index in [1.165, 1.54) is 70.6 Å². The molecular formula is C66H106O6. The lowest BCUT2D eigenvalue weighted by Crippen LogP contribution is -2.30. The highest BCUT2D eigenvalue weighted by atomic mass is 16.6. The molecule has 0 rings (SSSR count). The number of hydrogen-bond donors (Lipinski definition) is 0. The van der Waals surface area contributed by atoms with Gasteiger partial charge in [-0.2, -0.15) is 0 Å². The lowest BCUT2D eigenvalue weighted by Gasteiger charge is -2.18. The fraction of sp³-hybridized carbons (Fsp3) is 0.621. The highest BCUT2D eigenvalue weighted by molar-refractivity contribution is 5.71. The van der Waals surface area contributed by atoms with E-state index in [1.54, 1.807) is 0 Å². The van der Waals surface area contributed by atoms with Gasteiger partial charge in [0, 0.05) is 19.3 Å². The molecule has 6 heteroatoms. The molecule has 0 fully saturated rings. The Labute approximate surface area is 443 Å². The van der Waals surface area contributed by atoms with Crippen molar-refractivity contribution in [3.8, 4) is 0 Å². The van der Waals surface area contributed by atoms with Crippen LogP contribution in [0.4, 0.5) is 0 Å². The molecule has 0 aromatic carbocycles. The summed E-state index contributed by atoms with van der Waals surface area (Å²) in [6.07, 6.45) is 83.3. The number of rotatable bonds is 51. The van der Waals surface area contributed by atoms with Crippen molar-refractivity contribution in [3.63, 3.8) is 0 Å². The van der Waals surface area contributed by atoms with E-state index in [0.717, 1.165) is 128 Å². The Morgan fingerprint density at radius 1 is 0.292 bits per heavy atom. The number of carbonyl (C=O) groups is 3. The summed E-state index contributed by atoms with van der Waals surface area (Å²) in [4.78, 5) is 37.9. The molecule has 0 aromatic heterocycles. The number of ether oxygens (including phenoxy) is 3. The number of carbonyl (C=O) groups excluding carboxylic acids is 3. The van der Waals surface area contributed by atoms with Crippen LogP contribution in [0.5, 0.6) is 0 Å². The SMILES string of the molecule is CC/C=C\C/C=C\C/C=C\C/C=C\C/C=C\C/C=C\C/C=C\C/C=C\CCCCC(=O)OCC(COC(=O)CCCCCCCC)OC(=O)CCCCCCCC/C=C\C/C=C\C/C=C\CCCCCCC. The van der Waals surface area contributed by atoms with Crippen LogP contribution in [0.1, 0.15) is 245 Å². The fourth-order valence-corrected chi connectivity index (χ4v) is 7.52. The maximum Gasteiger partial charge on any atom is 0.306 e. The van der Waals surface area contributed by atoms with Crippen molar-refractivity contribution in [3.05, 3.63) is 134 Å². The zero-order valence-corrected chi connectivity index (χ0v) is 46.4. The molecule has 0 aliphatic carbocycles. The van der Waals surface area contributed by atoms with Crippen molar-refractivity contribution in [1.82, 2.24) is 0 Å². The fourth-order valence-electron chi connectivity index (χ4n) is 7.52. The second-order valence-corrected chi connectivity index (χ2v) is 18.8. The van der Waals surface area contributed by atoms with Gasteiger partial charge in [-0.05, 0) is 122 Å². The molecule has 0 radical (unpaired) electrons. The van der Waals surface area contributed by atoms with Crippen LogP contribution in [0.2, 0.25) is 0 Å². The number of allylic oxidation sites excluding steroid dienone is 22. The van der Waals surface area contributed by atoms with E-state index >= 15 is 0 Å². The van der Waals surface area contributed by atoms with E-state index in [-0.39, 0.29) is 31.1 Å². The second-order valence-electron chi connectivity index (χ2n) is 18.8. The van der Waals surface area contributed by atoms with Gasteiger partial charge >= 0.3 is 17.9 Å². The predicted octanol–water partition coefficient (Wildman–Crippen LogP) is 19.8. The maximum atomic E-state index is 12.8. The van der Waals surface area contributed by atoms with Gasteiger partial charge in [-0.1, -0.05) is 238 Å². The van der Waals surface area contributed by atoms with Crippen LogP contribution in [0.3, 0.4) is 0 Å². The van der Waals surface area contributed by atoms with Crippen LogP contribution >= 0.6 is 0 Å².